The Morgan fingerprint density at radius 1 is 1.06 bits per heavy atom. The molecule has 8 heteroatoms. The summed E-state index contributed by atoms with van der Waals surface area (Å²) >= 11 is 0. The van der Waals surface area contributed by atoms with Crippen molar-refractivity contribution in [1.82, 2.24) is 20.1 Å². The van der Waals surface area contributed by atoms with Gasteiger partial charge >= 0.3 is 0 Å². The van der Waals surface area contributed by atoms with E-state index in [1.54, 1.807) is 42.2 Å². The Kier molecular flexibility index (Phi) is 5.76. The van der Waals surface area contributed by atoms with Crippen LogP contribution in [0.25, 0.3) is 22.3 Å². The topological polar surface area (TPSA) is 102 Å². The van der Waals surface area contributed by atoms with Crippen molar-refractivity contribution < 1.29 is 14.0 Å². The number of aromatic nitrogens is 3. The molecule has 0 aliphatic rings. The van der Waals surface area contributed by atoms with Crippen LogP contribution in [0.15, 0.2) is 40.9 Å². The first-order valence-electron chi connectivity index (χ1n) is 10.8. The summed E-state index contributed by atoms with van der Waals surface area (Å²) in [6.45, 7) is 9.59. The highest BCUT2D eigenvalue weighted by Gasteiger charge is 2.21. The van der Waals surface area contributed by atoms with Crippen molar-refractivity contribution in [1.29, 1.82) is 0 Å². The van der Waals surface area contributed by atoms with Crippen LogP contribution in [0.3, 0.4) is 0 Å². The van der Waals surface area contributed by atoms with Crippen molar-refractivity contribution >= 4 is 28.5 Å². The fourth-order valence-corrected chi connectivity index (χ4v) is 3.95. The molecule has 0 radical (unpaired) electrons. The number of carbonyl (C=O) groups is 2. The number of fused-ring (bicyclic) bond motifs is 1. The van der Waals surface area contributed by atoms with Crippen molar-refractivity contribution in [2.24, 2.45) is 0 Å². The Labute approximate surface area is 192 Å². The van der Waals surface area contributed by atoms with Gasteiger partial charge in [0.1, 0.15) is 11.5 Å². The van der Waals surface area contributed by atoms with Gasteiger partial charge in [-0.3, -0.25) is 9.59 Å². The van der Waals surface area contributed by atoms with E-state index in [0.29, 0.717) is 39.1 Å². The number of anilines is 1. The van der Waals surface area contributed by atoms with Crippen LogP contribution in [0.4, 0.5) is 5.69 Å². The maximum absolute atomic E-state index is 13.5. The van der Waals surface area contributed by atoms with E-state index in [4.69, 9.17) is 9.40 Å². The van der Waals surface area contributed by atoms with Gasteiger partial charge in [0, 0.05) is 29.9 Å². The summed E-state index contributed by atoms with van der Waals surface area (Å²) < 4.78 is 7.50. The van der Waals surface area contributed by atoms with Gasteiger partial charge < -0.3 is 15.1 Å². The standard InChI is InChI=1S/C25H27N5O3/c1-13(2)30-23-20(12-27-30)19(11-22(28-23)18-10-14(3)33-16(18)5)25(32)29-21-9-7-8-17(15(21)4)24(31)26-6/h7-13H,1-6H3,(H,26,31)(H,29,32). The lowest BCUT2D eigenvalue weighted by atomic mass is 10.0. The SMILES string of the molecule is CNC(=O)c1cccc(NC(=O)c2cc(-c3cc(C)oc3C)nc3c2cnn3C(C)C)c1C. The Bertz CT molecular complexity index is 1380. The summed E-state index contributed by atoms with van der Waals surface area (Å²) in [5, 5.41) is 10.7. The van der Waals surface area contributed by atoms with E-state index in [1.807, 2.05) is 40.7 Å². The van der Waals surface area contributed by atoms with Crippen LogP contribution in [-0.4, -0.2) is 33.6 Å². The fourth-order valence-electron chi connectivity index (χ4n) is 3.95. The molecule has 2 amide bonds. The largest absolute Gasteiger partial charge is 0.466 e. The minimum Gasteiger partial charge on any atom is -0.466 e. The normalized spacial score (nSPS) is 11.2. The molecule has 1 aromatic carbocycles. The lowest BCUT2D eigenvalue weighted by molar-refractivity contribution is 0.0960. The summed E-state index contributed by atoms with van der Waals surface area (Å²) in [6, 6.07) is 9.00. The third-order valence-electron chi connectivity index (χ3n) is 5.67. The molecule has 0 spiro atoms. The highest BCUT2D eigenvalue weighted by Crippen LogP contribution is 2.31. The zero-order valence-electron chi connectivity index (χ0n) is 19.6. The molecule has 0 saturated heterocycles. The van der Waals surface area contributed by atoms with Crippen LogP contribution in [-0.2, 0) is 0 Å². The van der Waals surface area contributed by atoms with Crippen LogP contribution in [0.2, 0.25) is 0 Å². The Hall–Kier alpha value is -3.94. The lowest BCUT2D eigenvalue weighted by Crippen LogP contribution is -2.20. The summed E-state index contributed by atoms with van der Waals surface area (Å²) in [7, 11) is 1.58. The first-order chi connectivity index (χ1) is 15.7. The van der Waals surface area contributed by atoms with Gasteiger partial charge in [0.25, 0.3) is 11.8 Å². The third-order valence-corrected chi connectivity index (χ3v) is 5.67. The second kappa shape index (κ2) is 8.54. The minimum absolute atomic E-state index is 0.0693. The molecule has 0 atom stereocenters. The van der Waals surface area contributed by atoms with Gasteiger partial charge in [-0.25, -0.2) is 9.67 Å². The quantitative estimate of drug-likeness (QED) is 0.459. The number of aryl methyl sites for hydroxylation is 2. The average Bonchev–Trinajstić information content (AvgIpc) is 3.36. The molecule has 3 aromatic heterocycles. The van der Waals surface area contributed by atoms with Gasteiger partial charge in [-0.15, -0.1) is 0 Å². The van der Waals surface area contributed by atoms with E-state index >= 15 is 0 Å². The van der Waals surface area contributed by atoms with Gasteiger partial charge in [-0.05, 0) is 64.4 Å². The molecular formula is C25H27N5O3. The number of rotatable bonds is 5. The van der Waals surface area contributed by atoms with E-state index < -0.39 is 0 Å². The fraction of sp³-hybridized carbons (Fsp3) is 0.280. The minimum atomic E-state index is -0.304. The molecule has 0 saturated carbocycles. The van der Waals surface area contributed by atoms with E-state index in [2.05, 4.69) is 15.7 Å². The van der Waals surface area contributed by atoms with Crippen LogP contribution >= 0.6 is 0 Å². The van der Waals surface area contributed by atoms with Crippen LogP contribution in [0.1, 0.15) is 57.7 Å². The first kappa shape index (κ1) is 22.3. The van der Waals surface area contributed by atoms with E-state index in [9.17, 15) is 9.59 Å². The van der Waals surface area contributed by atoms with Gasteiger partial charge in [-0.2, -0.15) is 5.10 Å². The van der Waals surface area contributed by atoms with Gasteiger partial charge in [0.05, 0.1) is 22.8 Å². The number of nitrogens with one attached hydrogen (secondary N) is 2. The second-order valence-electron chi connectivity index (χ2n) is 8.31. The van der Waals surface area contributed by atoms with Gasteiger partial charge in [0.2, 0.25) is 0 Å². The first-order valence-corrected chi connectivity index (χ1v) is 10.8. The number of hydrogen-bond acceptors (Lipinski definition) is 5. The molecule has 170 valence electrons. The molecule has 0 aliphatic carbocycles. The second-order valence-corrected chi connectivity index (χ2v) is 8.31. The molecule has 3 heterocycles. The maximum Gasteiger partial charge on any atom is 0.256 e. The molecule has 0 fully saturated rings. The lowest BCUT2D eigenvalue weighted by Gasteiger charge is -2.13. The van der Waals surface area contributed by atoms with Crippen LogP contribution in [0, 0.1) is 20.8 Å². The smallest absolute Gasteiger partial charge is 0.256 e. The Morgan fingerprint density at radius 3 is 2.45 bits per heavy atom. The van der Waals surface area contributed by atoms with Crippen LogP contribution in [0.5, 0.6) is 0 Å². The molecule has 33 heavy (non-hydrogen) atoms. The van der Waals surface area contributed by atoms with E-state index in [-0.39, 0.29) is 17.9 Å². The predicted octanol–water partition coefficient (Wildman–Crippen LogP) is 4.81. The molecule has 0 aliphatic heterocycles. The number of hydrogen-bond donors (Lipinski definition) is 2. The van der Waals surface area contributed by atoms with Crippen molar-refractivity contribution in [2.75, 3.05) is 12.4 Å². The number of furan rings is 1. The third kappa shape index (κ3) is 4.00. The highest BCUT2D eigenvalue weighted by atomic mass is 16.3. The Morgan fingerprint density at radius 2 is 1.82 bits per heavy atom. The molecule has 4 rings (SSSR count). The molecular weight excluding hydrogens is 418 g/mol. The van der Waals surface area contributed by atoms with Gasteiger partial charge in [-0.1, -0.05) is 6.07 Å². The number of carbonyl (C=O) groups excluding carboxylic acids is 2. The van der Waals surface area contributed by atoms with E-state index in [1.165, 1.54) is 0 Å². The molecule has 2 N–H and O–H groups in total. The number of amides is 2. The predicted molar refractivity (Wildman–Crippen MR) is 128 cm³/mol. The highest BCUT2D eigenvalue weighted by molar-refractivity contribution is 6.13. The molecule has 0 bridgehead atoms. The summed E-state index contributed by atoms with van der Waals surface area (Å²) in [6.07, 6.45) is 1.67. The summed E-state index contributed by atoms with van der Waals surface area (Å²) in [5.74, 6) is 0.994. The van der Waals surface area contributed by atoms with Crippen molar-refractivity contribution in [3.05, 3.63) is 64.7 Å². The maximum atomic E-state index is 13.5. The van der Waals surface area contributed by atoms with Crippen molar-refractivity contribution in [3.8, 4) is 11.3 Å². The summed E-state index contributed by atoms with van der Waals surface area (Å²) in [4.78, 5) is 30.5. The molecule has 0 unspecified atom stereocenters. The molecule has 8 nitrogen and oxygen atoms in total. The van der Waals surface area contributed by atoms with Crippen LogP contribution < -0.4 is 10.6 Å². The van der Waals surface area contributed by atoms with Crippen molar-refractivity contribution in [3.63, 3.8) is 0 Å². The Balaban J connectivity index is 1.84. The van der Waals surface area contributed by atoms with Gasteiger partial charge in [0.15, 0.2) is 5.65 Å². The monoisotopic (exact) mass is 445 g/mol. The number of benzene rings is 1. The van der Waals surface area contributed by atoms with E-state index in [0.717, 1.165) is 17.1 Å². The number of nitrogens with zero attached hydrogens (tertiary/aromatic N) is 3. The number of pyridine rings is 1. The zero-order chi connectivity index (χ0) is 23.9. The van der Waals surface area contributed by atoms with Crippen molar-refractivity contribution in [2.45, 2.75) is 40.7 Å². The summed E-state index contributed by atoms with van der Waals surface area (Å²) in [5.41, 5.74) is 4.31. The molecule has 4 aromatic rings. The zero-order valence-corrected chi connectivity index (χ0v) is 19.6. The average molecular weight is 446 g/mol.